The number of carbonyl (C=O) groups excluding carboxylic acids is 1. The molecule has 5 heteroatoms. The fourth-order valence-corrected chi connectivity index (χ4v) is 2.75. The van der Waals surface area contributed by atoms with Gasteiger partial charge >= 0.3 is 0 Å². The number of hydrogen-bond donors (Lipinski definition) is 1. The summed E-state index contributed by atoms with van der Waals surface area (Å²) < 4.78 is 20.5. The van der Waals surface area contributed by atoms with Gasteiger partial charge in [-0.05, 0) is 48.0 Å². The zero-order valence-electron chi connectivity index (χ0n) is 13.9. The number of nitrogens with one attached hydrogen (secondary N) is 1. The number of amides is 1. The predicted octanol–water partition coefficient (Wildman–Crippen LogP) is 4.25. The Morgan fingerprint density at radius 3 is 2.60 bits per heavy atom. The Kier molecular flexibility index (Phi) is 5.14. The van der Waals surface area contributed by atoms with Gasteiger partial charge in [0.2, 0.25) is 5.91 Å². The lowest BCUT2D eigenvalue weighted by Gasteiger charge is -2.20. The minimum Gasteiger partial charge on any atom is -0.497 e. The number of anilines is 1. The van der Waals surface area contributed by atoms with E-state index in [1.54, 1.807) is 19.2 Å². The van der Waals surface area contributed by atoms with Crippen LogP contribution in [0.25, 0.3) is 0 Å². The van der Waals surface area contributed by atoms with Gasteiger partial charge in [0, 0.05) is 18.1 Å². The SMILES string of the molecule is COc1cccc([C@@H](CC(=O)Nc2cccc(F)c2)n2cccc2)c1. The third-order valence-corrected chi connectivity index (χ3v) is 3.95. The maximum Gasteiger partial charge on any atom is 0.226 e. The van der Waals surface area contributed by atoms with E-state index in [1.165, 1.54) is 12.1 Å². The maximum absolute atomic E-state index is 13.3. The fourth-order valence-electron chi connectivity index (χ4n) is 2.75. The van der Waals surface area contributed by atoms with E-state index in [2.05, 4.69) is 5.32 Å². The van der Waals surface area contributed by atoms with Gasteiger partial charge < -0.3 is 14.6 Å². The molecule has 1 heterocycles. The van der Waals surface area contributed by atoms with Gasteiger partial charge in [0.05, 0.1) is 19.6 Å². The van der Waals surface area contributed by atoms with Crippen LogP contribution in [0.3, 0.4) is 0 Å². The van der Waals surface area contributed by atoms with E-state index >= 15 is 0 Å². The smallest absolute Gasteiger partial charge is 0.226 e. The predicted molar refractivity (Wildman–Crippen MR) is 95.2 cm³/mol. The van der Waals surface area contributed by atoms with Gasteiger partial charge in [0.1, 0.15) is 11.6 Å². The Morgan fingerprint density at radius 2 is 1.88 bits per heavy atom. The van der Waals surface area contributed by atoms with Crippen LogP contribution in [-0.2, 0) is 4.79 Å². The van der Waals surface area contributed by atoms with Gasteiger partial charge in [-0.25, -0.2) is 4.39 Å². The molecule has 1 aromatic heterocycles. The topological polar surface area (TPSA) is 43.3 Å². The molecule has 0 aliphatic heterocycles. The van der Waals surface area contributed by atoms with Gasteiger partial charge in [-0.15, -0.1) is 0 Å². The average molecular weight is 338 g/mol. The van der Waals surface area contributed by atoms with Gasteiger partial charge in [-0.1, -0.05) is 18.2 Å². The monoisotopic (exact) mass is 338 g/mol. The Hall–Kier alpha value is -3.08. The Morgan fingerprint density at radius 1 is 1.12 bits per heavy atom. The molecule has 1 atom stereocenters. The molecule has 0 bridgehead atoms. The summed E-state index contributed by atoms with van der Waals surface area (Å²) in [4.78, 5) is 12.5. The first-order valence-electron chi connectivity index (χ1n) is 7.97. The molecular formula is C20H19FN2O2. The van der Waals surface area contributed by atoms with Crippen molar-refractivity contribution in [3.63, 3.8) is 0 Å². The Labute approximate surface area is 145 Å². The number of rotatable bonds is 6. The van der Waals surface area contributed by atoms with Gasteiger partial charge in [-0.2, -0.15) is 0 Å². The van der Waals surface area contributed by atoms with Crippen LogP contribution in [-0.4, -0.2) is 17.6 Å². The molecule has 0 radical (unpaired) electrons. The summed E-state index contributed by atoms with van der Waals surface area (Å²) in [5.41, 5.74) is 1.41. The van der Waals surface area contributed by atoms with Crippen LogP contribution in [0, 0.1) is 5.82 Å². The van der Waals surface area contributed by atoms with Crippen LogP contribution in [0.2, 0.25) is 0 Å². The van der Waals surface area contributed by atoms with E-state index in [0.717, 1.165) is 11.3 Å². The first-order valence-corrected chi connectivity index (χ1v) is 7.97. The number of aromatic nitrogens is 1. The number of nitrogens with zero attached hydrogens (tertiary/aromatic N) is 1. The third-order valence-electron chi connectivity index (χ3n) is 3.95. The zero-order chi connectivity index (χ0) is 17.6. The van der Waals surface area contributed by atoms with E-state index in [0.29, 0.717) is 5.69 Å². The molecule has 3 aromatic rings. The molecule has 0 saturated heterocycles. The van der Waals surface area contributed by atoms with Crippen molar-refractivity contribution in [2.45, 2.75) is 12.5 Å². The highest BCUT2D eigenvalue weighted by atomic mass is 19.1. The second kappa shape index (κ2) is 7.66. The lowest BCUT2D eigenvalue weighted by atomic mass is 10.0. The van der Waals surface area contributed by atoms with Crippen molar-refractivity contribution in [1.82, 2.24) is 4.57 Å². The van der Waals surface area contributed by atoms with Crippen LogP contribution in [0.1, 0.15) is 18.0 Å². The molecule has 0 aliphatic rings. The maximum atomic E-state index is 13.3. The van der Waals surface area contributed by atoms with Crippen molar-refractivity contribution in [3.8, 4) is 5.75 Å². The Bertz CT molecular complexity index is 846. The highest BCUT2D eigenvalue weighted by Gasteiger charge is 2.18. The second-order valence-electron chi connectivity index (χ2n) is 5.69. The molecule has 4 nitrogen and oxygen atoms in total. The lowest BCUT2D eigenvalue weighted by Crippen LogP contribution is -2.19. The van der Waals surface area contributed by atoms with E-state index in [-0.39, 0.29) is 24.2 Å². The largest absolute Gasteiger partial charge is 0.497 e. The van der Waals surface area contributed by atoms with Gasteiger partial charge in [0.15, 0.2) is 0 Å². The van der Waals surface area contributed by atoms with Crippen molar-refractivity contribution < 1.29 is 13.9 Å². The molecule has 0 saturated carbocycles. The van der Waals surface area contributed by atoms with Crippen molar-refractivity contribution in [2.24, 2.45) is 0 Å². The number of halogens is 1. The normalized spacial score (nSPS) is 11.8. The molecule has 1 N–H and O–H groups in total. The average Bonchev–Trinajstić information content (AvgIpc) is 3.14. The fraction of sp³-hybridized carbons (Fsp3) is 0.150. The van der Waals surface area contributed by atoms with E-state index in [9.17, 15) is 9.18 Å². The molecule has 25 heavy (non-hydrogen) atoms. The van der Waals surface area contributed by atoms with Crippen molar-refractivity contribution >= 4 is 11.6 Å². The number of benzene rings is 2. The molecule has 2 aromatic carbocycles. The summed E-state index contributed by atoms with van der Waals surface area (Å²) in [6.45, 7) is 0. The Balaban J connectivity index is 1.81. The van der Waals surface area contributed by atoms with Crippen LogP contribution in [0.5, 0.6) is 5.75 Å². The van der Waals surface area contributed by atoms with E-state index in [1.807, 2.05) is 53.4 Å². The molecule has 0 spiro atoms. The molecule has 1 amide bonds. The third kappa shape index (κ3) is 4.26. The van der Waals surface area contributed by atoms with Crippen LogP contribution in [0.4, 0.5) is 10.1 Å². The lowest BCUT2D eigenvalue weighted by molar-refractivity contribution is -0.116. The first-order chi connectivity index (χ1) is 12.2. The molecule has 0 fully saturated rings. The molecular weight excluding hydrogens is 319 g/mol. The summed E-state index contributed by atoms with van der Waals surface area (Å²) in [6, 6.07) is 17.2. The highest BCUT2D eigenvalue weighted by molar-refractivity contribution is 5.91. The standard InChI is InChI=1S/C20H19FN2O2/c1-25-18-9-4-6-15(12-18)19(23-10-2-3-11-23)14-20(24)22-17-8-5-7-16(21)13-17/h2-13,19H,14H2,1H3,(H,22,24)/t19-/m1/s1. The van der Waals surface area contributed by atoms with Gasteiger partial charge in [-0.3, -0.25) is 4.79 Å². The minimum atomic E-state index is -0.382. The highest BCUT2D eigenvalue weighted by Crippen LogP contribution is 2.26. The van der Waals surface area contributed by atoms with Crippen LogP contribution in [0.15, 0.2) is 73.1 Å². The number of carbonyl (C=O) groups is 1. The van der Waals surface area contributed by atoms with Crippen molar-refractivity contribution in [3.05, 3.63) is 84.4 Å². The summed E-state index contributed by atoms with van der Waals surface area (Å²) in [5, 5.41) is 2.75. The molecule has 0 aliphatic carbocycles. The van der Waals surface area contributed by atoms with Crippen LogP contribution < -0.4 is 10.1 Å². The van der Waals surface area contributed by atoms with Gasteiger partial charge in [0.25, 0.3) is 0 Å². The van der Waals surface area contributed by atoms with Crippen molar-refractivity contribution in [1.29, 1.82) is 0 Å². The summed E-state index contributed by atoms with van der Waals surface area (Å²) >= 11 is 0. The molecule has 3 rings (SSSR count). The van der Waals surface area contributed by atoms with E-state index < -0.39 is 0 Å². The molecule has 0 unspecified atom stereocenters. The summed E-state index contributed by atoms with van der Waals surface area (Å²) in [6.07, 6.45) is 4.05. The first kappa shape index (κ1) is 16.8. The second-order valence-corrected chi connectivity index (χ2v) is 5.69. The van der Waals surface area contributed by atoms with E-state index in [4.69, 9.17) is 4.74 Å². The summed E-state index contributed by atoms with van der Waals surface area (Å²) in [5.74, 6) is 0.167. The number of hydrogen-bond acceptors (Lipinski definition) is 2. The van der Waals surface area contributed by atoms with Crippen LogP contribution >= 0.6 is 0 Å². The number of ether oxygens (including phenoxy) is 1. The zero-order valence-corrected chi connectivity index (χ0v) is 13.9. The quantitative estimate of drug-likeness (QED) is 0.730. The van der Waals surface area contributed by atoms with Crippen molar-refractivity contribution in [2.75, 3.05) is 12.4 Å². The number of methoxy groups -OCH3 is 1. The summed E-state index contributed by atoms with van der Waals surface area (Å²) in [7, 11) is 1.61. The minimum absolute atomic E-state index is 0.182. The molecule has 128 valence electrons.